The van der Waals surface area contributed by atoms with E-state index < -0.39 is 17.5 Å². The predicted molar refractivity (Wildman–Crippen MR) is 96.9 cm³/mol. The number of aromatic nitrogens is 2. The van der Waals surface area contributed by atoms with Crippen molar-refractivity contribution in [3.63, 3.8) is 0 Å². The molecule has 4 nitrogen and oxygen atoms in total. The van der Waals surface area contributed by atoms with Gasteiger partial charge in [0.1, 0.15) is 0 Å². The SMILES string of the molecule is CCCc1c(C(=O)Nc2ccc(F)c(F)c2)cnn1-c1ccc(Cl)cc1. The first-order valence-corrected chi connectivity index (χ1v) is 8.46. The van der Waals surface area contributed by atoms with Gasteiger partial charge >= 0.3 is 0 Å². The van der Waals surface area contributed by atoms with Crippen LogP contribution in [0.1, 0.15) is 29.4 Å². The molecule has 26 heavy (non-hydrogen) atoms. The van der Waals surface area contributed by atoms with Crippen LogP contribution in [0, 0.1) is 11.6 Å². The predicted octanol–water partition coefficient (Wildman–Crippen LogP) is 5.01. The molecule has 1 N–H and O–H groups in total. The average molecular weight is 376 g/mol. The number of halogens is 3. The van der Waals surface area contributed by atoms with E-state index in [1.54, 1.807) is 16.8 Å². The number of hydrogen-bond donors (Lipinski definition) is 1. The lowest BCUT2D eigenvalue weighted by Gasteiger charge is -2.10. The Labute approximate surface area is 154 Å². The van der Waals surface area contributed by atoms with Crippen molar-refractivity contribution in [2.45, 2.75) is 19.8 Å². The molecule has 0 spiro atoms. The van der Waals surface area contributed by atoms with Gasteiger partial charge in [-0.3, -0.25) is 4.79 Å². The summed E-state index contributed by atoms with van der Waals surface area (Å²) in [7, 11) is 0. The van der Waals surface area contributed by atoms with Crippen molar-refractivity contribution in [3.8, 4) is 5.69 Å². The number of carbonyl (C=O) groups is 1. The maximum Gasteiger partial charge on any atom is 0.259 e. The zero-order valence-electron chi connectivity index (χ0n) is 14.0. The Bertz CT molecular complexity index is 938. The third kappa shape index (κ3) is 3.75. The Morgan fingerprint density at radius 3 is 2.54 bits per heavy atom. The highest BCUT2D eigenvalue weighted by molar-refractivity contribution is 6.30. The number of hydrogen-bond acceptors (Lipinski definition) is 2. The van der Waals surface area contributed by atoms with Crippen LogP contribution in [-0.4, -0.2) is 15.7 Å². The minimum Gasteiger partial charge on any atom is -0.322 e. The molecule has 3 aromatic rings. The highest BCUT2D eigenvalue weighted by atomic mass is 35.5. The summed E-state index contributed by atoms with van der Waals surface area (Å²) in [6, 6.07) is 10.3. The first kappa shape index (κ1) is 18.1. The molecule has 0 aliphatic rings. The summed E-state index contributed by atoms with van der Waals surface area (Å²) in [5, 5.41) is 7.49. The summed E-state index contributed by atoms with van der Waals surface area (Å²) in [5.41, 5.74) is 2.07. The molecule has 0 radical (unpaired) electrons. The lowest BCUT2D eigenvalue weighted by molar-refractivity contribution is 0.102. The van der Waals surface area contributed by atoms with Crippen molar-refractivity contribution in [1.82, 2.24) is 9.78 Å². The van der Waals surface area contributed by atoms with Crippen molar-refractivity contribution >= 4 is 23.2 Å². The molecule has 0 saturated carbocycles. The van der Waals surface area contributed by atoms with E-state index in [1.807, 2.05) is 19.1 Å². The average Bonchev–Trinajstić information content (AvgIpc) is 3.03. The minimum absolute atomic E-state index is 0.176. The van der Waals surface area contributed by atoms with Crippen LogP contribution in [-0.2, 0) is 6.42 Å². The maximum absolute atomic E-state index is 13.3. The van der Waals surface area contributed by atoms with Gasteiger partial charge in [-0.05, 0) is 42.8 Å². The fourth-order valence-electron chi connectivity index (χ4n) is 2.62. The highest BCUT2D eigenvalue weighted by Gasteiger charge is 2.18. The maximum atomic E-state index is 13.3. The Balaban J connectivity index is 1.92. The van der Waals surface area contributed by atoms with Gasteiger partial charge in [0.2, 0.25) is 0 Å². The van der Waals surface area contributed by atoms with Crippen molar-refractivity contribution in [2.75, 3.05) is 5.32 Å². The standard InChI is InChI=1S/C19H16ClF2N3O/c1-2-3-18-15(11-23-25(18)14-7-4-12(20)5-8-14)19(26)24-13-6-9-16(21)17(22)10-13/h4-11H,2-3H2,1H3,(H,24,26). The van der Waals surface area contributed by atoms with Crippen molar-refractivity contribution in [3.05, 3.63) is 76.6 Å². The van der Waals surface area contributed by atoms with Crippen LogP contribution in [0.5, 0.6) is 0 Å². The van der Waals surface area contributed by atoms with E-state index in [4.69, 9.17) is 11.6 Å². The zero-order chi connectivity index (χ0) is 18.7. The molecule has 0 saturated heterocycles. The number of nitrogens with zero attached hydrogens (tertiary/aromatic N) is 2. The van der Waals surface area contributed by atoms with Gasteiger partial charge in [0.05, 0.1) is 23.1 Å². The summed E-state index contributed by atoms with van der Waals surface area (Å²) in [5.74, 6) is -2.42. The molecular weight excluding hydrogens is 360 g/mol. The normalized spacial score (nSPS) is 10.8. The van der Waals surface area contributed by atoms with Crippen LogP contribution in [0.25, 0.3) is 5.69 Å². The fourth-order valence-corrected chi connectivity index (χ4v) is 2.74. The van der Waals surface area contributed by atoms with Gasteiger partial charge in [-0.1, -0.05) is 24.9 Å². The van der Waals surface area contributed by atoms with Gasteiger partial charge in [-0.15, -0.1) is 0 Å². The van der Waals surface area contributed by atoms with E-state index in [9.17, 15) is 13.6 Å². The quantitative estimate of drug-likeness (QED) is 0.681. The second-order valence-corrected chi connectivity index (χ2v) is 6.16. The number of amides is 1. The molecule has 0 unspecified atom stereocenters. The third-order valence-corrected chi connectivity index (χ3v) is 4.10. The van der Waals surface area contributed by atoms with E-state index in [0.717, 1.165) is 29.9 Å². The topological polar surface area (TPSA) is 46.9 Å². The molecule has 1 aromatic heterocycles. The number of nitrogens with one attached hydrogen (secondary N) is 1. The van der Waals surface area contributed by atoms with Crippen LogP contribution in [0.3, 0.4) is 0 Å². The van der Waals surface area contributed by atoms with Gasteiger partial charge in [0.15, 0.2) is 11.6 Å². The van der Waals surface area contributed by atoms with Crippen molar-refractivity contribution in [2.24, 2.45) is 0 Å². The van der Waals surface area contributed by atoms with Gasteiger partial charge in [-0.2, -0.15) is 5.10 Å². The van der Waals surface area contributed by atoms with Crippen LogP contribution in [0.2, 0.25) is 5.02 Å². The second-order valence-electron chi connectivity index (χ2n) is 5.73. The molecule has 134 valence electrons. The van der Waals surface area contributed by atoms with Gasteiger partial charge in [-0.25, -0.2) is 13.5 Å². The largest absolute Gasteiger partial charge is 0.322 e. The number of anilines is 1. The number of rotatable bonds is 5. The molecule has 1 heterocycles. The molecule has 7 heteroatoms. The van der Waals surface area contributed by atoms with Gasteiger partial charge < -0.3 is 5.32 Å². The molecule has 0 atom stereocenters. The number of benzene rings is 2. The minimum atomic E-state index is -1.02. The molecule has 2 aromatic carbocycles. The van der Waals surface area contributed by atoms with Crippen LogP contribution >= 0.6 is 11.6 Å². The summed E-state index contributed by atoms with van der Waals surface area (Å²) >= 11 is 5.92. The smallest absolute Gasteiger partial charge is 0.259 e. The molecule has 0 aliphatic carbocycles. The van der Waals surface area contributed by atoms with Crippen LogP contribution in [0.4, 0.5) is 14.5 Å². The third-order valence-electron chi connectivity index (χ3n) is 3.85. The van der Waals surface area contributed by atoms with Crippen LogP contribution < -0.4 is 5.32 Å². The molecule has 0 fully saturated rings. The van der Waals surface area contributed by atoms with Gasteiger partial charge in [0.25, 0.3) is 5.91 Å². The summed E-state index contributed by atoms with van der Waals surface area (Å²) in [4.78, 5) is 12.6. The lowest BCUT2D eigenvalue weighted by Crippen LogP contribution is -2.15. The van der Waals surface area contributed by atoms with E-state index in [2.05, 4.69) is 10.4 Å². The highest BCUT2D eigenvalue weighted by Crippen LogP contribution is 2.21. The lowest BCUT2D eigenvalue weighted by atomic mass is 10.1. The number of carbonyl (C=O) groups excluding carboxylic acids is 1. The van der Waals surface area contributed by atoms with E-state index in [-0.39, 0.29) is 5.69 Å². The fraction of sp³-hybridized carbons (Fsp3) is 0.158. The van der Waals surface area contributed by atoms with E-state index in [0.29, 0.717) is 17.0 Å². The van der Waals surface area contributed by atoms with E-state index >= 15 is 0 Å². The summed E-state index contributed by atoms with van der Waals surface area (Å²) in [6.45, 7) is 2.00. The Hall–Kier alpha value is -2.73. The monoisotopic (exact) mass is 375 g/mol. The molecule has 0 bridgehead atoms. The molecular formula is C19H16ClF2N3O. The first-order chi connectivity index (χ1) is 12.5. The summed E-state index contributed by atoms with van der Waals surface area (Å²) < 4.78 is 28.0. The summed E-state index contributed by atoms with van der Waals surface area (Å²) in [6.07, 6.45) is 2.91. The van der Waals surface area contributed by atoms with Crippen LogP contribution in [0.15, 0.2) is 48.7 Å². The molecule has 0 aliphatic heterocycles. The van der Waals surface area contributed by atoms with E-state index in [1.165, 1.54) is 12.3 Å². The second kappa shape index (κ2) is 7.66. The van der Waals surface area contributed by atoms with Gasteiger partial charge in [0, 0.05) is 16.8 Å². The molecule has 1 amide bonds. The Kier molecular flexibility index (Phi) is 5.32. The Morgan fingerprint density at radius 1 is 1.15 bits per heavy atom. The van der Waals surface area contributed by atoms with Crippen molar-refractivity contribution in [1.29, 1.82) is 0 Å². The zero-order valence-corrected chi connectivity index (χ0v) is 14.7. The van der Waals surface area contributed by atoms with Crippen molar-refractivity contribution < 1.29 is 13.6 Å². The molecule has 3 rings (SSSR count). The first-order valence-electron chi connectivity index (χ1n) is 8.09. The Morgan fingerprint density at radius 2 is 1.88 bits per heavy atom.